The minimum absolute atomic E-state index is 0.138. The molecule has 9 heteroatoms. The lowest BCUT2D eigenvalue weighted by Gasteiger charge is -2.13. The summed E-state index contributed by atoms with van der Waals surface area (Å²) in [6.45, 7) is 2.32. The highest BCUT2D eigenvalue weighted by atomic mass is 32.2. The van der Waals surface area contributed by atoms with Gasteiger partial charge in [-0.05, 0) is 38.4 Å². The molecule has 1 heterocycles. The Balaban J connectivity index is 1.97. The Bertz CT molecular complexity index is 720. The van der Waals surface area contributed by atoms with Crippen molar-refractivity contribution in [2.75, 3.05) is 11.9 Å². The Morgan fingerprint density at radius 3 is 2.77 bits per heavy atom. The van der Waals surface area contributed by atoms with Crippen molar-refractivity contribution in [3.63, 3.8) is 0 Å². The lowest BCUT2D eigenvalue weighted by atomic mass is 10.1. The smallest absolute Gasteiger partial charge is 0.255 e. The van der Waals surface area contributed by atoms with Crippen LogP contribution in [0.5, 0.6) is 0 Å². The third-order valence-electron chi connectivity index (χ3n) is 3.74. The van der Waals surface area contributed by atoms with Crippen LogP contribution in [0.3, 0.4) is 0 Å². The molecule has 1 atom stereocenters. The number of rotatable bonds is 8. The molecule has 0 aliphatic carbocycles. The molecule has 1 aromatic carbocycles. The standard InChI is InChI=1S/C17H23N5O3S/c1-11-16(22-25)26-17(19-11)21-15(24)12-7-4-5-8-13(12)20-14(23)9-3-2-6-10-18/h4-5,7-8,17,25H,2-3,6,9-10,18H2,1H3,(H,20,23)(H,21,24). The molecule has 26 heavy (non-hydrogen) atoms. The van der Waals surface area contributed by atoms with Crippen LogP contribution in [-0.2, 0) is 4.79 Å². The van der Waals surface area contributed by atoms with Crippen LogP contribution in [0.2, 0.25) is 0 Å². The van der Waals surface area contributed by atoms with Crippen LogP contribution in [-0.4, -0.2) is 39.8 Å². The van der Waals surface area contributed by atoms with Crippen molar-refractivity contribution in [2.45, 2.75) is 38.1 Å². The number of nitrogens with zero attached hydrogens (tertiary/aromatic N) is 2. The van der Waals surface area contributed by atoms with Gasteiger partial charge in [0.15, 0.2) is 10.5 Å². The summed E-state index contributed by atoms with van der Waals surface area (Å²) < 4.78 is 0. The summed E-state index contributed by atoms with van der Waals surface area (Å²) in [5.41, 5.74) is 6.24. The zero-order chi connectivity index (χ0) is 18.9. The zero-order valence-corrected chi connectivity index (χ0v) is 15.4. The number of nitrogens with one attached hydrogen (secondary N) is 2. The van der Waals surface area contributed by atoms with Crippen molar-refractivity contribution >= 4 is 40.0 Å². The van der Waals surface area contributed by atoms with Gasteiger partial charge >= 0.3 is 0 Å². The largest absolute Gasteiger partial charge is 0.410 e. The molecule has 0 spiro atoms. The predicted molar refractivity (Wildman–Crippen MR) is 104 cm³/mol. The van der Waals surface area contributed by atoms with Crippen LogP contribution in [0.4, 0.5) is 5.69 Å². The van der Waals surface area contributed by atoms with Gasteiger partial charge in [0.25, 0.3) is 5.91 Å². The van der Waals surface area contributed by atoms with E-state index >= 15 is 0 Å². The molecule has 0 saturated heterocycles. The number of carbonyl (C=O) groups is 2. The summed E-state index contributed by atoms with van der Waals surface area (Å²) in [4.78, 5) is 28.8. The molecule has 140 valence electrons. The SMILES string of the molecule is CC1=NC(NC(=O)c2ccccc2NC(=O)CCCCCN)SC1=NO. The van der Waals surface area contributed by atoms with Gasteiger partial charge in [0, 0.05) is 6.42 Å². The fourth-order valence-electron chi connectivity index (χ4n) is 2.41. The Morgan fingerprint density at radius 2 is 2.08 bits per heavy atom. The molecule has 8 nitrogen and oxygen atoms in total. The Kier molecular flexibility index (Phi) is 7.61. The summed E-state index contributed by atoms with van der Waals surface area (Å²) >= 11 is 1.14. The summed E-state index contributed by atoms with van der Waals surface area (Å²) in [6.07, 6.45) is 2.93. The third kappa shape index (κ3) is 5.57. The van der Waals surface area contributed by atoms with E-state index in [-0.39, 0.29) is 11.8 Å². The van der Waals surface area contributed by atoms with E-state index < -0.39 is 5.50 Å². The fourth-order valence-corrected chi connectivity index (χ4v) is 3.26. The molecule has 0 radical (unpaired) electrons. The summed E-state index contributed by atoms with van der Waals surface area (Å²) in [7, 11) is 0. The molecule has 5 N–H and O–H groups in total. The average molecular weight is 377 g/mol. The number of benzene rings is 1. The highest BCUT2D eigenvalue weighted by Gasteiger charge is 2.25. The molecule has 1 aliphatic heterocycles. The minimum atomic E-state index is -0.562. The number of aliphatic imine (C=N–C) groups is 1. The van der Waals surface area contributed by atoms with Gasteiger partial charge in [0.1, 0.15) is 0 Å². The zero-order valence-electron chi connectivity index (χ0n) is 14.6. The summed E-state index contributed by atoms with van der Waals surface area (Å²) in [5.74, 6) is -0.502. The van der Waals surface area contributed by atoms with Crippen LogP contribution in [0.15, 0.2) is 34.4 Å². The number of hydrogen-bond donors (Lipinski definition) is 4. The van der Waals surface area contributed by atoms with E-state index in [1.807, 2.05) is 0 Å². The molecular weight excluding hydrogens is 354 g/mol. The highest BCUT2D eigenvalue weighted by Crippen LogP contribution is 2.23. The maximum Gasteiger partial charge on any atom is 0.255 e. The summed E-state index contributed by atoms with van der Waals surface area (Å²) in [5, 5.41) is 17.9. The predicted octanol–water partition coefficient (Wildman–Crippen LogP) is 2.15. The number of nitrogens with two attached hydrogens (primary N) is 1. The van der Waals surface area contributed by atoms with Crippen LogP contribution in [0.25, 0.3) is 0 Å². The lowest BCUT2D eigenvalue weighted by Crippen LogP contribution is -2.31. The Hall–Kier alpha value is -2.39. The summed E-state index contributed by atoms with van der Waals surface area (Å²) in [6, 6.07) is 6.80. The normalized spacial score (nSPS) is 17.8. The quantitative estimate of drug-likeness (QED) is 0.313. The first-order valence-electron chi connectivity index (χ1n) is 8.38. The van der Waals surface area contributed by atoms with E-state index in [1.165, 1.54) is 0 Å². The number of carbonyl (C=O) groups excluding carboxylic acids is 2. The van der Waals surface area contributed by atoms with E-state index in [0.29, 0.717) is 35.0 Å². The number of para-hydroxylation sites is 1. The number of anilines is 1. The number of hydrogen-bond acceptors (Lipinski definition) is 7. The molecule has 2 rings (SSSR count). The molecule has 1 aliphatic rings. The molecule has 2 amide bonds. The molecule has 0 bridgehead atoms. The third-order valence-corrected chi connectivity index (χ3v) is 4.79. The first kappa shape index (κ1) is 19.9. The van der Waals surface area contributed by atoms with Crippen molar-refractivity contribution < 1.29 is 14.8 Å². The number of thioether (sulfide) groups is 1. The number of oxime groups is 1. The van der Waals surface area contributed by atoms with E-state index in [4.69, 9.17) is 10.9 Å². The van der Waals surface area contributed by atoms with Gasteiger partial charge in [-0.15, -0.1) is 0 Å². The van der Waals surface area contributed by atoms with Crippen LogP contribution >= 0.6 is 11.8 Å². The average Bonchev–Trinajstić information content (AvgIpc) is 2.98. The van der Waals surface area contributed by atoms with Gasteiger partial charge in [0.05, 0.1) is 17.0 Å². The van der Waals surface area contributed by atoms with Gasteiger partial charge in [-0.2, -0.15) is 0 Å². The second-order valence-corrected chi connectivity index (χ2v) is 6.83. The monoisotopic (exact) mass is 377 g/mol. The molecule has 1 aromatic rings. The van der Waals surface area contributed by atoms with E-state index in [9.17, 15) is 9.59 Å². The first-order valence-corrected chi connectivity index (χ1v) is 9.26. The van der Waals surface area contributed by atoms with E-state index in [0.717, 1.165) is 31.0 Å². The second-order valence-electron chi connectivity index (χ2n) is 5.76. The van der Waals surface area contributed by atoms with Crippen molar-refractivity contribution in [1.29, 1.82) is 0 Å². The maximum atomic E-state index is 12.5. The van der Waals surface area contributed by atoms with Crippen LogP contribution < -0.4 is 16.4 Å². The Labute approximate surface area is 156 Å². The molecule has 0 fully saturated rings. The lowest BCUT2D eigenvalue weighted by molar-refractivity contribution is -0.116. The Morgan fingerprint density at radius 1 is 1.31 bits per heavy atom. The van der Waals surface area contributed by atoms with Gasteiger partial charge in [-0.25, -0.2) is 0 Å². The molecule has 0 saturated carbocycles. The van der Waals surface area contributed by atoms with Crippen molar-refractivity contribution in [3.05, 3.63) is 29.8 Å². The van der Waals surface area contributed by atoms with Crippen LogP contribution in [0.1, 0.15) is 43.0 Å². The highest BCUT2D eigenvalue weighted by molar-refractivity contribution is 8.16. The van der Waals surface area contributed by atoms with Gasteiger partial charge < -0.3 is 21.6 Å². The molecule has 0 aromatic heterocycles. The first-order chi connectivity index (χ1) is 12.5. The van der Waals surface area contributed by atoms with Crippen molar-refractivity contribution in [2.24, 2.45) is 15.9 Å². The van der Waals surface area contributed by atoms with Crippen molar-refractivity contribution in [1.82, 2.24) is 5.32 Å². The topological polar surface area (TPSA) is 129 Å². The minimum Gasteiger partial charge on any atom is -0.410 e. The number of unbranched alkanes of at least 4 members (excludes halogenated alkanes) is 2. The van der Waals surface area contributed by atoms with Gasteiger partial charge in [0.2, 0.25) is 5.91 Å². The molecule has 1 unspecified atom stereocenters. The number of amides is 2. The maximum absolute atomic E-state index is 12.5. The molecular formula is C17H23N5O3S. The van der Waals surface area contributed by atoms with Crippen molar-refractivity contribution in [3.8, 4) is 0 Å². The van der Waals surface area contributed by atoms with E-state index in [2.05, 4.69) is 20.8 Å². The van der Waals surface area contributed by atoms with Gasteiger partial charge in [-0.3, -0.25) is 14.6 Å². The van der Waals surface area contributed by atoms with E-state index in [1.54, 1.807) is 31.2 Å². The van der Waals surface area contributed by atoms with Crippen LogP contribution in [0, 0.1) is 0 Å². The second kappa shape index (κ2) is 9.93. The fraction of sp³-hybridized carbons (Fsp3) is 0.412. The van der Waals surface area contributed by atoms with Gasteiger partial charge in [-0.1, -0.05) is 35.5 Å².